The van der Waals surface area contributed by atoms with E-state index in [9.17, 15) is 4.79 Å². The molecule has 4 heteroatoms. The predicted molar refractivity (Wildman–Crippen MR) is 147 cm³/mol. The van der Waals surface area contributed by atoms with Gasteiger partial charge in [-0.15, -0.1) is 0 Å². The van der Waals surface area contributed by atoms with Crippen LogP contribution >= 0.6 is 0 Å². The summed E-state index contributed by atoms with van der Waals surface area (Å²) in [6, 6.07) is 20.2. The first-order valence-electron chi connectivity index (χ1n) is 14.1. The van der Waals surface area contributed by atoms with Crippen molar-refractivity contribution in [2.24, 2.45) is 5.92 Å². The monoisotopic (exact) mass is 489 g/mol. The number of benzene rings is 2. The average molecular weight is 490 g/mol. The zero-order valence-electron chi connectivity index (χ0n) is 21.7. The molecule has 0 spiro atoms. The third-order valence-electron chi connectivity index (χ3n) is 7.94. The largest absolute Gasteiger partial charge is 0.481 e. The Morgan fingerprint density at radius 2 is 1.64 bits per heavy atom. The van der Waals surface area contributed by atoms with E-state index in [0.29, 0.717) is 24.5 Å². The van der Waals surface area contributed by atoms with Crippen LogP contribution in [0.25, 0.3) is 11.1 Å². The van der Waals surface area contributed by atoms with Crippen molar-refractivity contribution in [3.05, 3.63) is 72.3 Å². The lowest BCUT2D eigenvalue weighted by Gasteiger charge is -2.37. The molecule has 2 aromatic carbocycles. The van der Waals surface area contributed by atoms with Gasteiger partial charge in [0.2, 0.25) is 0 Å². The zero-order valence-corrected chi connectivity index (χ0v) is 21.7. The van der Waals surface area contributed by atoms with E-state index in [0.717, 1.165) is 32.3 Å². The molecule has 1 saturated heterocycles. The number of piperidine rings is 1. The lowest BCUT2D eigenvalue weighted by Crippen LogP contribution is -2.43. The fraction of sp³-hybridized carbons (Fsp3) is 0.531. The minimum atomic E-state index is -0.721. The maximum Gasteiger partial charge on any atom is 0.303 e. The number of carboxylic acids is 1. The topological polar surface area (TPSA) is 49.8 Å². The minimum Gasteiger partial charge on any atom is -0.481 e. The second kappa shape index (κ2) is 14.3. The Balaban J connectivity index is 1.25. The molecule has 194 valence electrons. The van der Waals surface area contributed by atoms with Crippen LogP contribution in [0.1, 0.15) is 69.8 Å². The van der Waals surface area contributed by atoms with Gasteiger partial charge in [0.1, 0.15) is 0 Å². The number of allylic oxidation sites excluding steroid dienone is 2. The Kier molecular flexibility index (Phi) is 10.6. The molecule has 0 bridgehead atoms. The number of hydrogen-bond donors (Lipinski definition) is 1. The lowest BCUT2D eigenvalue weighted by molar-refractivity contribution is -0.136. The molecule has 3 atom stereocenters. The Morgan fingerprint density at radius 3 is 2.39 bits per heavy atom. The molecule has 2 fully saturated rings. The number of carboxylic acid groups (broad SMARTS) is 1. The van der Waals surface area contributed by atoms with Crippen molar-refractivity contribution in [1.29, 1.82) is 0 Å². The lowest BCUT2D eigenvalue weighted by atomic mass is 9.93. The Hall–Kier alpha value is -2.43. The zero-order chi connectivity index (χ0) is 25.0. The molecule has 2 aromatic rings. The molecule has 1 N–H and O–H groups in total. The van der Waals surface area contributed by atoms with Crippen LogP contribution in [-0.2, 0) is 16.0 Å². The third kappa shape index (κ3) is 8.04. The molecular weight excluding hydrogens is 446 g/mol. The number of aliphatic carboxylic acids is 1. The summed E-state index contributed by atoms with van der Waals surface area (Å²) in [4.78, 5) is 13.5. The standard InChI is InChI=1S/C32H43NO3/c34-32(35)16-8-2-1-7-15-29-30(33-23-9-4-10-24-33)21-22-31(29)36-25-11-12-26-17-19-28(20-18-26)27-13-5-3-6-14-27/h1-3,5-6,13-14,17-20,29-31H,4,7-12,15-16,21-25H2,(H,34,35)/t29-,30+,31+/m1/s1. The summed E-state index contributed by atoms with van der Waals surface area (Å²) in [6.45, 7) is 3.30. The quantitative estimate of drug-likeness (QED) is 0.240. The molecule has 0 aromatic heterocycles. The van der Waals surface area contributed by atoms with Crippen molar-refractivity contribution in [3.63, 3.8) is 0 Å². The Morgan fingerprint density at radius 1 is 0.917 bits per heavy atom. The number of carbonyl (C=O) groups is 1. The minimum absolute atomic E-state index is 0.219. The van der Waals surface area contributed by atoms with Crippen LogP contribution in [0, 0.1) is 5.92 Å². The summed E-state index contributed by atoms with van der Waals surface area (Å²) in [5, 5.41) is 8.84. The number of nitrogens with zero attached hydrogens (tertiary/aromatic N) is 1. The second-order valence-corrected chi connectivity index (χ2v) is 10.5. The van der Waals surface area contributed by atoms with E-state index in [4.69, 9.17) is 9.84 Å². The van der Waals surface area contributed by atoms with E-state index >= 15 is 0 Å². The van der Waals surface area contributed by atoms with Gasteiger partial charge in [0.15, 0.2) is 0 Å². The van der Waals surface area contributed by atoms with Crippen molar-refractivity contribution >= 4 is 5.97 Å². The van der Waals surface area contributed by atoms with Crippen molar-refractivity contribution < 1.29 is 14.6 Å². The smallest absolute Gasteiger partial charge is 0.303 e. The van der Waals surface area contributed by atoms with Crippen LogP contribution in [0.5, 0.6) is 0 Å². The number of likely N-dealkylation sites (tertiary alicyclic amines) is 1. The summed E-state index contributed by atoms with van der Waals surface area (Å²) in [5.74, 6) is -0.140. The van der Waals surface area contributed by atoms with E-state index in [1.54, 1.807) is 0 Å². The maximum atomic E-state index is 10.7. The third-order valence-corrected chi connectivity index (χ3v) is 7.94. The number of rotatable bonds is 13. The molecule has 4 nitrogen and oxygen atoms in total. The molecule has 0 unspecified atom stereocenters. The van der Waals surface area contributed by atoms with Crippen LogP contribution in [0.15, 0.2) is 66.7 Å². The summed E-state index contributed by atoms with van der Waals surface area (Å²) in [5.41, 5.74) is 3.91. The SMILES string of the molecule is O=C(O)CCC=CCC[C@H]1[C@@H](OCCCc2ccc(-c3ccccc3)cc2)CC[C@@H]1N1CCCCC1. The second-order valence-electron chi connectivity index (χ2n) is 10.5. The van der Waals surface area contributed by atoms with Crippen LogP contribution in [0.4, 0.5) is 0 Å². The van der Waals surface area contributed by atoms with Gasteiger partial charge in [-0.3, -0.25) is 4.79 Å². The van der Waals surface area contributed by atoms with Gasteiger partial charge in [0.25, 0.3) is 0 Å². The normalized spacial score (nSPS) is 22.8. The molecule has 1 saturated carbocycles. The molecule has 0 amide bonds. The molecular formula is C32H43NO3. The first kappa shape index (κ1) is 26.6. The van der Waals surface area contributed by atoms with Gasteiger partial charge < -0.3 is 14.7 Å². The molecule has 1 aliphatic carbocycles. The van der Waals surface area contributed by atoms with E-state index in [-0.39, 0.29) is 6.42 Å². The van der Waals surface area contributed by atoms with Crippen molar-refractivity contribution in [2.75, 3.05) is 19.7 Å². The number of hydrogen-bond acceptors (Lipinski definition) is 3. The number of aryl methyl sites for hydroxylation is 1. The highest BCUT2D eigenvalue weighted by molar-refractivity contribution is 5.66. The summed E-state index contributed by atoms with van der Waals surface area (Å²) >= 11 is 0. The average Bonchev–Trinajstić information content (AvgIpc) is 3.32. The summed E-state index contributed by atoms with van der Waals surface area (Å²) < 4.78 is 6.53. The van der Waals surface area contributed by atoms with E-state index in [1.807, 2.05) is 6.08 Å². The van der Waals surface area contributed by atoms with Gasteiger partial charge in [0.05, 0.1) is 6.10 Å². The highest BCUT2D eigenvalue weighted by Gasteiger charge is 2.39. The first-order valence-corrected chi connectivity index (χ1v) is 14.1. The van der Waals surface area contributed by atoms with E-state index < -0.39 is 5.97 Å². The highest BCUT2D eigenvalue weighted by Crippen LogP contribution is 2.37. The molecule has 2 aliphatic rings. The first-order chi connectivity index (χ1) is 17.7. The molecule has 0 radical (unpaired) electrons. The molecule has 1 aliphatic heterocycles. The Labute approximate surface area is 217 Å². The van der Waals surface area contributed by atoms with E-state index in [1.165, 1.54) is 61.9 Å². The fourth-order valence-electron chi connectivity index (χ4n) is 6.04. The van der Waals surface area contributed by atoms with Crippen molar-refractivity contribution in [3.8, 4) is 11.1 Å². The van der Waals surface area contributed by atoms with Gasteiger partial charge in [-0.1, -0.05) is 73.2 Å². The van der Waals surface area contributed by atoms with Crippen LogP contribution in [0.3, 0.4) is 0 Å². The van der Waals surface area contributed by atoms with Crippen molar-refractivity contribution in [1.82, 2.24) is 4.90 Å². The van der Waals surface area contributed by atoms with Gasteiger partial charge in [-0.25, -0.2) is 0 Å². The molecule has 36 heavy (non-hydrogen) atoms. The number of ether oxygens (including phenoxy) is 1. The highest BCUT2D eigenvalue weighted by atomic mass is 16.5. The van der Waals surface area contributed by atoms with Gasteiger partial charge in [-0.2, -0.15) is 0 Å². The Bertz CT molecular complexity index is 934. The van der Waals surface area contributed by atoms with Crippen LogP contribution < -0.4 is 0 Å². The maximum absolute atomic E-state index is 10.7. The van der Waals surface area contributed by atoms with E-state index in [2.05, 4.69) is 65.6 Å². The fourth-order valence-corrected chi connectivity index (χ4v) is 6.04. The molecule has 1 heterocycles. The van der Waals surface area contributed by atoms with Crippen LogP contribution in [0.2, 0.25) is 0 Å². The molecule has 4 rings (SSSR count). The summed E-state index contributed by atoms with van der Waals surface area (Å²) in [6.07, 6.45) is 16.1. The summed E-state index contributed by atoms with van der Waals surface area (Å²) in [7, 11) is 0. The predicted octanol–water partition coefficient (Wildman–Crippen LogP) is 7.14. The van der Waals surface area contributed by atoms with Crippen LogP contribution in [-0.4, -0.2) is 47.8 Å². The van der Waals surface area contributed by atoms with Gasteiger partial charge in [-0.05, 0) is 87.6 Å². The van der Waals surface area contributed by atoms with Gasteiger partial charge in [0, 0.05) is 25.0 Å². The van der Waals surface area contributed by atoms with Crippen molar-refractivity contribution in [2.45, 2.75) is 82.8 Å². The van der Waals surface area contributed by atoms with Gasteiger partial charge >= 0.3 is 5.97 Å².